The summed E-state index contributed by atoms with van der Waals surface area (Å²) >= 11 is 0. The Bertz CT molecular complexity index is 268. The van der Waals surface area contributed by atoms with Gasteiger partial charge in [-0.3, -0.25) is 4.79 Å². The van der Waals surface area contributed by atoms with Gasteiger partial charge in [-0.25, -0.2) is 0 Å². The molecule has 0 spiro atoms. The van der Waals surface area contributed by atoms with Crippen LogP contribution >= 0.6 is 0 Å². The summed E-state index contributed by atoms with van der Waals surface area (Å²) in [6.07, 6.45) is 26.1. The van der Waals surface area contributed by atoms with E-state index < -0.39 is 0 Å². The van der Waals surface area contributed by atoms with Gasteiger partial charge in [-0.1, -0.05) is 129 Å². The Balaban J connectivity index is 3.47. The molecule has 1 amide bonds. The fourth-order valence-electron chi connectivity index (χ4n) is 3.83. The summed E-state index contributed by atoms with van der Waals surface area (Å²) in [5, 5.41) is 0. The number of nitrogens with two attached hydrogens (primary N) is 1. The van der Waals surface area contributed by atoms with Crippen molar-refractivity contribution in [2.45, 2.75) is 142 Å². The molecule has 0 fully saturated rings. The van der Waals surface area contributed by atoms with Crippen LogP contribution < -0.4 is 5.73 Å². The molecule has 156 valence electrons. The van der Waals surface area contributed by atoms with E-state index in [0.717, 1.165) is 12.8 Å². The average molecular weight is 368 g/mol. The smallest absolute Gasteiger partial charge is 0.220 e. The van der Waals surface area contributed by atoms with Gasteiger partial charge in [-0.15, -0.1) is 0 Å². The van der Waals surface area contributed by atoms with Crippen LogP contribution in [0.5, 0.6) is 0 Å². The lowest BCUT2D eigenvalue weighted by Crippen LogP contribution is -2.23. The molecule has 0 aliphatic carbocycles. The number of rotatable bonds is 21. The number of carbonyl (C=O) groups excluding carboxylic acids is 1. The number of unbranched alkanes of at least 4 members (excludes halogenated alkanes) is 16. The van der Waals surface area contributed by atoms with E-state index in [1.54, 1.807) is 0 Å². The first kappa shape index (κ1) is 25.5. The molecule has 0 atom stereocenters. The van der Waals surface area contributed by atoms with Gasteiger partial charge in [0.05, 0.1) is 0 Å². The van der Waals surface area contributed by atoms with Crippen molar-refractivity contribution in [3.8, 4) is 0 Å². The second-order valence-electron chi connectivity index (χ2n) is 8.33. The van der Waals surface area contributed by atoms with E-state index in [-0.39, 0.29) is 11.8 Å². The summed E-state index contributed by atoms with van der Waals surface area (Å²) in [6.45, 7) is 4.54. The third-order valence-corrected chi connectivity index (χ3v) is 5.71. The predicted octanol–water partition coefficient (Wildman–Crippen LogP) is 7.93. The maximum atomic E-state index is 11.7. The van der Waals surface area contributed by atoms with E-state index in [0.29, 0.717) is 0 Å². The molecule has 0 heterocycles. The highest BCUT2D eigenvalue weighted by Crippen LogP contribution is 2.19. The molecule has 26 heavy (non-hydrogen) atoms. The van der Waals surface area contributed by atoms with Crippen molar-refractivity contribution in [1.82, 2.24) is 0 Å². The van der Waals surface area contributed by atoms with Crippen LogP contribution in [0.15, 0.2) is 0 Å². The maximum absolute atomic E-state index is 11.7. The largest absolute Gasteiger partial charge is 0.369 e. The maximum Gasteiger partial charge on any atom is 0.220 e. The van der Waals surface area contributed by atoms with E-state index in [1.165, 1.54) is 116 Å². The summed E-state index contributed by atoms with van der Waals surface area (Å²) in [4.78, 5) is 11.7. The second kappa shape index (κ2) is 20.8. The van der Waals surface area contributed by atoms with Gasteiger partial charge in [0.2, 0.25) is 5.91 Å². The Kier molecular flexibility index (Phi) is 20.4. The van der Waals surface area contributed by atoms with Crippen molar-refractivity contribution in [2.75, 3.05) is 0 Å². The van der Waals surface area contributed by atoms with Crippen molar-refractivity contribution < 1.29 is 4.79 Å². The van der Waals surface area contributed by atoms with Crippen LogP contribution in [0.3, 0.4) is 0 Å². The lowest BCUT2D eigenvalue weighted by atomic mass is 9.93. The third-order valence-electron chi connectivity index (χ3n) is 5.71. The molecule has 0 aliphatic heterocycles. The second-order valence-corrected chi connectivity index (χ2v) is 8.33. The molecule has 0 aromatic rings. The Morgan fingerprint density at radius 1 is 0.538 bits per heavy atom. The molecule has 0 rings (SSSR count). The van der Waals surface area contributed by atoms with E-state index in [4.69, 9.17) is 5.73 Å². The lowest BCUT2D eigenvalue weighted by Gasteiger charge is -2.13. The predicted molar refractivity (Wildman–Crippen MR) is 116 cm³/mol. The molecule has 0 aromatic heterocycles. The van der Waals surface area contributed by atoms with Crippen LogP contribution in [0, 0.1) is 5.92 Å². The molecular formula is C24H49NO. The van der Waals surface area contributed by atoms with Crippen molar-refractivity contribution >= 4 is 5.91 Å². The van der Waals surface area contributed by atoms with Crippen LogP contribution in [0.2, 0.25) is 0 Å². The van der Waals surface area contributed by atoms with E-state index in [1.807, 2.05) is 0 Å². The summed E-state index contributed by atoms with van der Waals surface area (Å²) in [7, 11) is 0. The Morgan fingerprint density at radius 2 is 0.808 bits per heavy atom. The van der Waals surface area contributed by atoms with Crippen LogP contribution in [-0.2, 0) is 4.79 Å². The van der Waals surface area contributed by atoms with Gasteiger partial charge in [0, 0.05) is 5.92 Å². The first-order valence-electron chi connectivity index (χ1n) is 12.0. The van der Waals surface area contributed by atoms with Crippen LogP contribution in [-0.4, -0.2) is 5.91 Å². The van der Waals surface area contributed by atoms with E-state index in [2.05, 4.69) is 13.8 Å². The topological polar surface area (TPSA) is 43.1 Å². The fourth-order valence-corrected chi connectivity index (χ4v) is 3.83. The SMILES string of the molecule is CCCCCCCCCCCC(CCCCCCCCCCC)C(N)=O. The number of hydrogen-bond donors (Lipinski definition) is 1. The summed E-state index contributed by atoms with van der Waals surface area (Å²) < 4.78 is 0. The zero-order chi connectivity index (χ0) is 19.3. The van der Waals surface area contributed by atoms with E-state index in [9.17, 15) is 4.79 Å². The number of hydrogen-bond acceptors (Lipinski definition) is 1. The number of amides is 1. The molecule has 0 saturated carbocycles. The minimum Gasteiger partial charge on any atom is -0.369 e. The average Bonchev–Trinajstić information content (AvgIpc) is 2.63. The standard InChI is InChI=1S/C24H49NO/c1-3-5-7-9-11-13-15-17-19-21-23(24(25)26)22-20-18-16-14-12-10-8-6-4-2/h23H,3-22H2,1-2H3,(H2,25,26). The molecule has 0 aromatic carbocycles. The Labute approximate surface area is 165 Å². The first-order valence-corrected chi connectivity index (χ1v) is 12.0. The van der Waals surface area contributed by atoms with Crippen molar-refractivity contribution in [3.63, 3.8) is 0 Å². The van der Waals surface area contributed by atoms with E-state index >= 15 is 0 Å². The minimum absolute atomic E-state index is 0.0656. The lowest BCUT2D eigenvalue weighted by molar-refractivity contribution is -0.122. The van der Waals surface area contributed by atoms with Crippen molar-refractivity contribution in [3.05, 3.63) is 0 Å². The highest BCUT2D eigenvalue weighted by Gasteiger charge is 2.14. The van der Waals surface area contributed by atoms with Gasteiger partial charge in [-0.05, 0) is 12.8 Å². The molecule has 0 unspecified atom stereocenters. The molecular weight excluding hydrogens is 318 g/mol. The monoisotopic (exact) mass is 367 g/mol. The molecule has 0 aliphatic rings. The number of carbonyl (C=O) groups is 1. The normalized spacial score (nSPS) is 11.3. The summed E-state index contributed by atoms with van der Waals surface area (Å²) in [6, 6.07) is 0. The molecule has 0 radical (unpaired) electrons. The zero-order valence-corrected chi connectivity index (χ0v) is 18.2. The van der Waals surface area contributed by atoms with Gasteiger partial charge in [-0.2, -0.15) is 0 Å². The van der Waals surface area contributed by atoms with Crippen molar-refractivity contribution in [2.24, 2.45) is 11.7 Å². The first-order chi connectivity index (χ1) is 12.7. The van der Waals surface area contributed by atoms with Gasteiger partial charge < -0.3 is 5.73 Å². The molecule has 2 heteroatoms. The van der Waals surface area contributed by atoms with Gasteiger partial charge in [0.15, 0.2) is 0 Å². The van der Waals surface area contributed by atoms with Gasteiger partial charge in [0.1, 0.15) is 0 Å². The highest BCUT2D eigenvalue weighted by atomic mass is 16.1. The van der Waals surface area contributed by atoms with Crippen LogP contribution in [0.25, 0.3) is 0 Å². The van der Waals surface area contributed by atoms with Crippen LogP contribution in [0.4, 0.5) is 0 Å². The molecule has 2 nitrogen and oxygen atoms in total. The van der Waals surface area contributed by atoms with Crippen LogP contribution in [0.1, 0.15) is 142 Å². The highest BCUT2D eigenvalue weighted by molar-refractivity contribution is 5.76. The Hall–Kier alpha value is -0.530. The molecule has 2 N–H and O–H groups in total. The minimum atomic E-state index is -0.0656. The molecule has 0 saturated heterocycles. The number of primary amides is 1. The summed E-state index contributed by atoms with van der Waals surface area (Å²) in [5.74, 6) is 0.0632. The fraction of sp³-hybridized carbons (Fsp3) is 0.958. The Morgan fingerprint density at radius 3 is 1.08 bits per heavy atom. The quantitative estimate of drug-likeness (QED) is 0.206. The third kappa shape index (κ3) is 18.3. The van der Waals surface area contributed by atoms with Crippen molar-refractivity contribution in [1.29, 1.82) is 0 Å². The zero-order valence-electron chi connectivity index (χ0n) is 18.2. The molecule has 0 bridgehead atoms. The summed E-state index contributed by atoms with van der Waals surface area (Å²) in [5.41, 5.74) is 5.62. The van der Waals surface area contributed by atoms with Gasteiger partial charge >= 0.3 is 0 Å². The van der Waals surface area contributed by atoms with Gasteiger partial charge in [0.25, 0.3) is 0 Å².